The molecule has 142 valence electrons. The first-order chi connectivity index (χ1) is 13.1. The summed E-state index contributed by atoms with van der Waals surface area (Å²) in [6.45, 7) is 1.57. The van der Waals surface area contributed by atoms with Crippen LogP contribution in [0, 0.1) is 0 Å². The van der Waals surface area contributed by atoms with E-state index in [1.54, 1.807) is 19.1 Å². The van der Waals surface area contributed by atoms with Gasteiger partial charge >= 0.3 is 18.0 Å². The Balaban J connectivity index is 1.82. The van der Waals surface area contributed by atoms with E-state index in [4.69, 9.17) is 13.9 Å². The molecule has 2 amide bonds. The van der Waals surface area contributed by atoms with E-state index in [0.29, 0.717) is 5.76 Å². The topological polar surface area (TPSA) is 107 Å². The van der Waals surface area contributed by atoms with Gasteiger partial charge in [0.1, 0.15) is 18.4 Å². The number of ether oxygens (including phenoxy) is 2. The van der Waals surface area contributed by atoms with Crippen molar-refractivity contribution >= 4 is 29.3 Å². The van der Waals surface area contributed by atoms with E-state index in [-0.39, 0.29) is 30.9 Å². The summed E-state index contributed by atoms with van der Waals surface area (Å²) in [5.41, 5.74) is 0.299. The first-order valence-corrected chi connectivity index (χ1v) is 9.15. The Morgan fingerprint density at radius 2 is 2.11 bits per heavy atom. The third-order valence-corrected chi connectivity index (χ3v) is 4.63. The molecule has 0 aromatic carbocycles. The molecule has 27 heavy (non-hydrogen) atoms. The van der Waals surface area contributed by atoms with Crippen molar-refractivity contribution in [2.75, 3.05) is 13.2 Å². The average molecular weight is 390 g/mol. The van der Waals surface area contributed by atoms with E-state index >= 15 is 0 Å². The fraction of sp³-hybridized carbons (Fsp3) is 0.278. The Morgan fingerprint density at radius 3 is 2.78 bits per heavy atom. The second kappa shape index (κ2) is 8.54. The summed E-state index contributed by atoms with van der Waals surface area (Å²) >= 11 is 1.44. The van der Waals surface area contributed by atoms with Gasteiger partial charge in [-0.2, -0.15) is 0 Å². The molecule has 0 saturated carbocycles. The highest BCUT2D eigenvalue weighted by molar-refractivity contribution is 7.10. The number of carbonyl (C=O) groups is 3. The molecular weight excluding hydrogens is 372 g/mol. The van der Waals surface area contributed by atoms with Gasteiger partial charge in [0.05, 0.1) is 30.6 Å². The third-order valence-electron chi connectivity index (χ3n) is 3.75. The Hall–Kier alpha value is -3.07. The predicted molar refractivity (Wildman–Crippen MR) is 95.8 cm³/mol. The maximum atomic E-state index is 12.5. The zero-order valence-corrected chi connectivity index (χ0v) is 15.3. The van der Waals surface area contributed by atoms with Crippen molar-refractivity contribution in [3.63, 3.8) is 0 Å². The summed E-state index contributed by atoms with van der Waals surface area (Å²) in [6.07, 6.45) is 1.56. The first kappa shape index (κ1) is 18.7. The second-order valence-corrected chi connectivity index (χ2v) is 6.61. The number of rotatable bonds is 7. The van der Waals surface area contributed by atoms with Gasteiger partial charge in [-0.3, -0.25) is 4.79 Å². The van der Waals surface area contributed by atoms with Crippen LogP contribution >= 0.6 is 11.3 Å². The van der Waals surface area contributed by atoms with Gasteiger partial charge in [0, 0.05) is 4.88 Å². The molecule has 9 heteroatoms. The van der Waals surface area contributed by atoms with Crippen LogP contribution in [0.4, 0.5) is 4.79 Å². The average Bonchev–Trinajstić information content (AvgIpc) is 3.33. The van der Waals surface area contributed by atoms with Crippen LogP contribution in [0.5, 0.6) is 0 Å². The van der Waals surface area contributed by atoms with Crippen LogP contribution in [-0.2, 0) is 25.5 Å². The maximum Gasteiger partial charge on any atom is 0.338 e. The van der Waals surface area contributed by atoms with E-state index in [1.807, 2.05) is 17.5 Å². The monoisotopic (exact) mass is 390 g/mol. The SMILES string of the molecule is CCOC(=O)C1=C(COC(=O)Cc2cccs2)NC(=O)NC1c1ccco1. The van der Waals surface area contributed by atoms with Crippen molar-refractivity contribution in [2.24, 2.45) is 0 Å². The van der Waals surface area contributed by atoms with Crippen LogP contribution in [0.2, 0.25) is 0 Å². The Kier molecular flexibility index (Phi) is 5.92. The predicted octanol–water partition coefficient (Wildman–Crippen LogP) is 2.30. The minimum Gasteiger partial charge on any atom is -0.467 e. The molecule has 2 N–H and O–H groups in total. The molecule has 0 saturated heterocycles. The van der Waals surface area contributed by atoms with Crippen molar-refractivity contribution in [3.05, 3.63) is 57.8 Å². The van der Waals surface area contributed by atoms with E-state index in [1.165, 1.54) is 17.6 Å². The normalized spacial score (nSPS) is 16.5. The summed E-state index contributed by atoms with van der Waals surface area (Å²) in [6, 6.07) is 5.58. The van der Waals surface area contributed by atoms with Crippen molar-refractivity contribution in [1.29, 1.82) is 0 Å². The highest BCUT2D eigenvalue weighted by atomic mass is 32.1. The Morgan fingerprint density at radius 1 is 1.26 bits per heavy atom. The summed E-state index contributed by atoms with van der Waals surface area (Å²) in [5, 5.41) is 7.01. The number of esters is 2. The molecule has 0 aliphatic carbocycles. The number of furan rings is 1. The lowest BCUT2D eigenvalue weighted by atomic mass is 10.0. The summed E-state index contributed by atoms with van der Waals surface area (Å²) in [5.74, 6) is -0.721. The molecule has 2 aromatic rings. The van der Waals surface area contributed by atoms with Crippen molar-refractivity contribution < 1.29 is 28.3 Å². The van der Waals surface area contributed by atoms with Crippen LogP contribution in [-0.4, -0.2) is 31.2 Å². The second-order valence-electron chi connectivity index (χ2n) is 5.58. The van der Waals surface area contributed by atoms with Crippen LogP contribution < -0.4 is 10.6 Å². The van der Waals surface area contributed by atoms with Gasteiger partial charge < -0.3 is 24.5 Å². The number of amides is 2. The summed E-state index contributed by atoms with van der Waals surface area (Å²) in [4.78, 5) is 37.4. The molecule has 8 nitrogen and oxygen atoms in total. The molecule has 3 heterocycles. The minimum atomic E-state index is -0.834. The molecule has 1 aliphatic heterocycles. The van der Waals surface area contributed by atoms with Crippen molar-refractivity contribution in [1.82, 2.24) is 10.6 Å². The van der Waals surface area contributed by atoms with Crippen LogP contribution in [0.3, 0.4) is 0 Å². The molecule has 1 aliphatic rings. The van der Waals surface area contributed by atoms with Crippen molar-refractivity contribution in [3.8, 4) is 0 Å². The highest BCUT2D eigenvalue weighted by Crippen LogP contribution is 2.28. The highest BCUT2D eigenvalue weighted by Gasteiger charge is 2.35. The van der Waals surface area contributed by atoms with Gasteiger partial charge in [-0.1, -0.05) is 6.07 Å². The lowest BCUT2D eigenvalue weighted by Crippen LogP contribution is -2.47. The fourth-order valence-electron chi connectivity index (χ4n) is 2.61. The zero-order chi connectivity index (χ0) is 19.2. The maximum absolute atomic E-state index is 12.5. The number of thiophene rings is 1. The van der Waals surface area contributed by atoms with Crippen LogP contribution in [0.25, 0.3) is 0 Å². The number of urea groups is 1. The van der Waals surface area contributed by atoms with Gasteiger partial charge in [-0.15, -0.1) is 11.3 Å². The molecule has 0 fully saturated rings. The van der Waals surface area contributed by atoms with Crippen molar-refractivity contribution in [2.45, 2.75) is 19.4 Å². The number of hydrogen-bond acceptors (Lipinski definition) is 7. The zero-order valence-electron chi connectivity index (χ0n) is 14.5. The van der Waals surface area contributed by atoms with Crippen LogP contribution in [0.15, 0.2) is 51.6 Å². The van der Waals surface area contributed by atoms with E-state index in [0.717, 1.165) is 4.88 Å². The molecular formula is C18H18N2O6S. The van der Waals surface area contributed by atoms with Gasteiger partial charge in [-0.05, 0) is 30.5 Å². The molecule has 1 atom stereocenters. The van der Waals surface area contributed by atoms with Gasteiger partial charge in [0.2, 0.25) is 0 Å². The molecule has 0 spiro atoms. The first-order valence-electron chi connectivity index (χ1n) is 8.27. The lowest BCUT2D eigenvalue weighted by molar-refractivity contribution is -0.143. The van der Waals surface area contributed by atoms with Crippen LogP contribution in [0.1, 0.15) is 23.6 Å². The molecule has 2 aromatic heterocycles. The smallest absolute Gasteiger partial charge is 0.338 e. The summed E-state index contributed by atoms with van der Waals surface area (Å²) in [7, 11) is 0. The van der Waals surface area contributed by atoms with Gasteiger partial charge in [0.25, 0.3) is 0 Å². The molecule has 0 radical (unpaired) electrons. The number of carbonyl (C=O) groups excluding carboxylic acids is 3. The Bertz CT molecular complexity index is 841. The Labute approximate surface area is 159 Å². The van der Waals surface area contributed by atoms with E-state index < -0.39 is 24.0 Å². The van der Waals surface area contributed by atoms with E-state index in [2.05, 4.69) is 10.6 Å². The number of nitrogens with one attached hydrogen (secondary N) is 2. The largest absolute Gasteiger partial charge is 0.467 e. The summed E-state index contributed by atoms with van der Waals surface area (Å²) < 4.78 is 15.7. The molecule has 3 rings (SSSR count). The molecule has 1 unspecified atom stereocenters. The van der Waals surface area contributed by atoms with Gasteiger partial charge in [0.15, 0.2) is 0 Å². The number of hydrogen-bond donors (Lipinski definition) is 2. The fourth-order valence-corrected chi connectivity index (χ4v) is 3.30. The standard InChI is InChI=1S/C18H18N2O6S/c1-2-24-17(22)15-12(10-26-14(21)9-11-5-4-8-27-11)19-18(23)20-16(15)13-6-3-7-25-13/h3-8,16H,2,9-10H2,1H3,(H2,19,20,23). The quantitative estimate of drug-likeness (QED) is 0.703. The van der Waals surface area contributed by atoms with E-state index in [9.17, 15) is 14.4 Å². The lowest BCUT2D eigenvalue weighted by Gasteiger charge is -2.27. The minimum absolute atomic E-state index is 0.119. The van der Waals surface area contributed by atoms with Gasteiger partial charge in [-0.25, -0.2) is 9.59 Å². The molecule has 0 bridgehead atoms. The third kappa shape index (κ3) is 4.56.